The second kappa shape index (κ2) is 6.16. The third-order valence-corrected chi connectivity index (χ3v) is 2.86. The number of amides is 1. The van der Waals surface area contributed by atoms with Crippen molar-refractivity contribution < 1.29 is 14.7 Å². The Bertz CT molecular complexity index is 641. The number of hydrogen-bond acceptors (Lipinski definition) is 3. The lowest BCUT2D eigenvalue weighted by Gasteiger charge is -2.06. The molecule has 0 bridgehead atoms. The first-order valence-electron chi connectivity index (χ1n) is 5.79. The normalized spacial score (nSPS) is 10.1. The Kier molecular flexibility index (Phi) is 4.32. The fraction of sp³-hybridized carbons (Fsp3) is 0.0714. The first-order chi connectivity index (χ1) is 9.56. The number of anilines is 1. The average Bonchev–Trinajstić information content (AvgIpc) is 2.41. The van der Waals surface area contributed by atoms with Gasteiger partial charge in [0, 0.05) is 0 Å². The number of carboxylic acid groups (broad SMARTS) is 1. The van der Waals surface area contributed by atoms with E-state index in [0.717, 1.165) is 0 Å². The lowest BCUT2D eigenvalue weighted by molar-refractivity contribution is -0.136. The molecule has 0 aliphatic carbocycles. The van der Waals surface area contributed by atoms with Gasteiger partial charge in [-0.3, -0.25) is 14.6 Å². The van der Waals surface area contributed by atoms with Gasteiger partial charge in [0.25, 0.3) is 5.91 Å². The zero-order chi connectivity index (χ0) is 14.5. The van der Waals surface area contributed by atoms with Crippen LogP contribution in [-0.2, 0) is 11.2 Å². The van der Waals surface area contributed by atoms with E-state index in [9.17, 15) is 9.59 Å². The van der Waals surface area contributed by atoms with Gasteiger partial charge in [-0.25, -0.2) is 0 Å². The van der Waals surface area contributed by atoms with Crippen LogP contribution in [0.3, 0.4) is 0 Å². The van der Waals surface area contributed by atoms with Gasteiger partial charge >= 0.3 is 5.97 Å². The highest BCUT2D eigenvalue weighted by atomic mass is 35.5. The average molecular weight is 291 g/mol. The number of rotatable bonds is 4. The molecule has 0 radical (unpaired) electrons. The van der Waals surface area contributed by atoms with E-state index in [2.05, 4.69) is 10.3 Å². The van der Waals surface area contributed by atoms with Crippen molar-refractivity contribution >= 4 is 29.2 Å². The van der Waals surface area contributed by atoms with E-state index < -0.39 is 5.97 Å². The van der Waals surface area contributed by atoms with Crippen molar-refractivity contribution in [2.24, 2.45) is 0 Å². The smallest absolute Gasteiger partial charge is 0.309 e. The van der Waals surface area contributed by atoms with Gasteiger partial charge in [-0.15, -0.1) is 0 Å². The number of benzene rings is 1. The molecule has 5 nitrogen and oxygen atoms in total. The summed E-state index contributed by atoms with van der Waals surface area (Å²) in [6.07, 6.45) is 1.26. The van der Waals surface area contributed by atoms with Crippen LogP contribution in [0, 0.1) is 0 Å². The van der Waals surface area contributed by atoms with E-state index in [1.165, 1.54) is 6.20 Å². The maximum absolute atomic E-state index is 12.0. The van der Waals surface area contributed by atoms with Gasteiger partial charge in [0.1, 0.15) is 0 Å². The molecule has 2 aromatic rings. The summed E-state index contributed by atoms with van der Waals surface area (Å²) in [6.45, 7) is 0. The number of nitrogens with zero attached hydrogens (tertiary/aromatic N) is 1. The summed E-state index contributed by atoms with van der Waals surface area (Å²) < 4.78 is 0. The number of carbonyl (C=O) groups is 2. The van der Waals surface area contributed by atoms with Crippen molar-refractivity contribution in [1.29, 1.82) is 0 Å². The van der Waals surface area contributed by atoms with Crippen molar-refractivity contribution in [3.8, 4) is 0 Å². The molecule has 0 atom stereocenters. The molecule has 1 amide bonds. The minimum atomic E-state index is -0.953. The van der Waals surface area contributed by atoms with Crippen molar-refractivity contribution in [1.82, 2.24) is 4.98 Å². The van der Waals surface area contributed by atoms with Crippen LogP contribution in [-0.4, -0.2) is 22.0 Å². The minimum absolute atomic E-state index is 0.154. The molecule has 0 unspecified atom stereocenters. The van der Waals surface area contributed by atoms with Crippen molar-refractivity contribution in [3.63, 3.8) is 0 Å². The van der Waals surface area contributed by atoms with Gasteiger partial charge in [-0.1, -0.05) is 23.7 Å². The van der Waals surface area contributed by atoms with Crippen LogP contribution in [0.2, 0.25) is 5.02 Å². The molecule has 0 spiro atoms. The Morgan fingerprint density at radius 3 is 2.55 bits per heavy atom. The third kappa shape index (κ3) is 3.55. The predicted molar refractivity (Wildman–Crippen MR) is 75.0 cm³/mol. The number of nitrogens with one attached hydrogen (secondary N) is 1. The first kappa shape index (κ1) is 14.0. The monoisotopic (exact) mass is 290 g/mol. The maximum atomic E-state index is 12.0. The van der Waals surface area contributed by atoms with Gasteiger partial charge in [0.2, 0.25) is 0 Å². The SMILES string of the molecule is O=C(O)Cc1ccc(NC(=O)c2ccccc2Cl)cn1. The summed E-state index contributed by atoms with van der Waals surface area (Å²) in [7, 11) is 0. The van der Waals surface area contributed by atoms with Gasteiger partial charge in [-0.2, -0.15) is 0 Å². The third-order valence-electron chi connectivity index (χ3n) is 2.53. The molecular formula is C14H11ClN2O3. The summed E-state index contributed by atoms with van der Waals surface area (Å²) >= 11 is 5.93. The standard InChI is InChI=1S/C14H11ClN2O3/c15-12-4-2-1-3-11(12)14(20)17-10-6-5-9(16-8-10)7-13(18)19/h1-6,8H,7H2,(H,17,20)(H,18,19). The zero-order valence-corrected chi connectivity index (χ0v) is 11.1. The van der Waals surface area contributed by atoms with E-state index in [1.807, 2.05) is 0 Å². The van der Waals surface area contributed by atoms with E-state index in [-0.39, 0.29) is 12.3 Å². The van der Waals surface area contributed by atoms with Crippen LogP contribution in [0.25, 0.3) is 0 Å². The Morgan fingerprint density at radius 2 is 1.95 bits per heavy atom. The largest absolute Gasteiger partial charge is 0.481 e. The molecule has 1 aromatic heterocycles. The molecule has 0 saturated heterocycles. The summed E-state index contributed by atoms with van der Waals surface area (Å²) in [6, 6.07) is 9.85. The summed E-state index contributed by atoms with van der Waals surface area (Å²) in [5.74, 6) is -1.30. The van der Waals surface area contributed by atoms with Crippen LogP contribution < -0.4 is 5.32 Å². The summed E-state index contributed by atoms with van der Waals surface area (Å²) in [4.78, 5) is 26.5. The summed E-state index contributed by atoms with van der Waals surface area (Å²) in [5.41, 5.74) is 1.26. The number of halogens is 1. The highest BCUT2D eigenvalue weighted by molar-refractivity contribution is 6.34. The Balaban J connectivity index is 2.09. The van der Waals surface area contributed by atoms with Crippen LogP contribution in [0.5, 0.6) is 0 Å². The minimum Gasteiger partial charge on any atom is -0.481 e. The Morgan fingerprint density at radius 1 is 1.20 bits per heavy atom. The van der Waals surface area contributed by atoms with E-state index in [0.29, 0.717) is 22.0 Å². The predicted octanol–water partition coefficient (Wildman–Crippen LogP) is 2.61. The topological polar surface area (TPSA) is 79.3 Å². The first-order valence-corrected chi connectivity index (χ1v) is 6.16. The Hall–Kier alpha value is -2.40. The molecular weight excluding hydrogens is 280 g/mol. The molecule has 0 fully saturated rings. The molecule has 0 aliphatic heterocycles. The Labute approximate surface area is 120 Å². The van der Waals surface area contributed by atoms with Gasteiger partial charge in [0.15, 0.2) is 0 Å². The van der Waals surface area contributed by atoms with E-state index >= 15 is 0 Å². The number of aromatic nitrogens is 1. The van der Waals surface area contributed by atoms with Crippen molar-refractivity contribution in [2.45, 2.75) is 6.42 Å². The molecule has 102 valence electrons. The lowest BCUT2D eigenvalue weighted by Crippen LogP contribution is -2.12. The maximum Gasteiger partial charge on any atom is 0.309 e. The fourth-order valence-corrected chi connectivity index (χ4v) is 1.82. The highest BCUT2D eigenvalue weighted by Crippen LogP contribution is 2.17. The lowest BCUT2D eigenvalue weighted by atomic mass is 10.2. The van der Waals surface area contributed by atoms with Crippen molar-refractivity contribution in [2.75, 3.05) is 5.32 Å². The van der Waals surface area contributed by atoms with Gasteiger partial charge < -0.3 is 10.4 Å². The van der Waals surface area contributed by atoms with E-state index in [4.69, 9.17) is 16.7 Å². The van der Waals surface area contributed by atoms with Crippen LogP contribution >= 0.6 is 11.6 Å². The molecule has 0 aliphatic rings. The number of pyridine rings is 1. The zero-order valence-electron chi connectivity index (χ0n) is 10.3. The number of hydrogen-bond donors (Lipinski definition) is 2. The number of aliphatic carboxylic acids is 1. The fourth-order valence-electron chi connectivity index (χ4n) is 1.60. The molecule has 2 rings (SSSR count). The number of carboxylic acids is 1. The molecule has 2 N–H and O–H groups in total. The van der Waals surface area contributed by atoms with E-state index in [1.54, 1.807) is 36.4 Å². The molecule has 0 saturated carbocycles. The number of carbonyl (C=O) groups excluding carboxylic acids is 1. The van der Waals surface area contributed by atoms with Gasteiger partial charge in [0.05, 0.1) is 34.6 Å². The van der Waals surface area contributed by atoms with Gasteiger partial charge in [-0.05, 0) is 24.3 Å². The second-order valence-corrected chi connectivity index (χ2v) is 4.45. The summed E-state index contributed by atoms with van der Waals surface area (Å²) in [5, 5.41) is 11.6. The molecule has 1 aromatic carbocycles. The van der Waals surface area contributed by atoms with Crippen LogP contribution in [0.15, 0.2) is 42.6 Å². The molecule has 20 heavy (non-hydrogen) atoms. The van der Waals surface area contributed by atoms with Crippen LogP contribution in [0.1, 0.15) is 16.1 Å². The van der Waals surface area contributed by atoms with Crippen molar-refractivity contribution in [3.05, 3.63) is 58.9 Å². The van der Waals surface area contributed by atoms with Crippen LogP contribution in [0.4, 0.5) is 5.69 Å². The molecule has 1 heterocycles. The second-order valence-electron chi connectivity index (χ2n) is 4.04. The quantitative estimate of drug-likeness (QED) is 0.907. The molecule has 6 heteroatoms. The highest BCUT2D eigenvalue weighted by Gasteiger charge is 2.10.